The Kier molecular flexibility index (Phi) is 3.13. The predicted octanol–water partition coefficient (Wildman–Crippen LogP) is 1.78. The molecule has 2 fully saturated rings. The monoisotopic (exact) mass is 301 g/mol. The van der Waals surface area contributed by atoms with Crippen LogP contribution in [0.1, 0.15) is 47.3 Å². The van der Waals surface area contributed by atoms with Gasteiger partial charge in [-0.2, -0.15) is 0 Å². The molecule has 22 heavy (non-hydrogen) atoms. The van der Waals surface area contributed by atoms with Gasteiger partial charge in [0.15, 0.2) is 0 Å². The lowest BCUT2D eigenvalue weighted by Gasteiger charge is -2.16. The number of aromatic nitrogens is 4. The van der Waals surface area contributed by atoms with E-state index in [1.165, 1.54) is 25.1 Å². The van der Waals surface area contributed by atoms with E-state index >= 15 is 0 Å². The van der Waals surface area contributed by atoms with Gasteiger partial charge < -0.3 is 4.90 Å². The van der Waals surface area contributed by atoms with E-state index in [1.807, 2.05) is 10.9 Å². The molecule has 0 bridgehead atoms. The van der Waals surface area contributed by atoms with Crippen molar-refractivity contribution in [2.75, 3.05) is 13.1 Å². The SMILES string of the molecule is O=C(c1cncc(F)c1)N1CC[C@@H](n2cc(C3CC3)nn2)C1. The molecule has 6 nitrogen and oxygen atoms in total. The van der Waals surface area contributed by atoms with Crippen LogP contribution in [0.25, 0.3) is 0 Å². The highest BCUT2D eigenvalue weighted by Crippen LogP contribution is 2.39. The van der Waals surface area contributed by atoms with Gasteiger partial charge >= 0.3 is 0 Å². The van der Waals surface area contributed by atoms with Crippen LogP contribution in [0, 0.1) is 5.82 Å². The molecule has 1 aliphatic heterocycles. The summed E-state index contributed by atoms with van der Waals surface area (Å²) in [5.74, 6) is -0.102. The van der Waals surface area contributed by atoms with Gasteiger partial charge in [0.1, 0.15) is 5.82 Å². The van der Waals surface area contributed by atoms with E-state index in [4.69, 9.17) is 0 Å². The summed E-state index contributed by atoms with van der Waals surface area (Å²) >= 11 is 0. The maximum Gasteiger partial charge on any atom is 0.255 e. The lowest BCUT2D eigenvalue weighted by molar-refractivity contribution is 0.0786. The van der Waals surface area contributed by atoms with E-state index in [9.17, 15) is 9.18 Å². The number of pyridine rings is 1. The fourth-order valence-corrected chi connectivity index (χ4v) is 2.89. The van der Waals surface area contributed by atoms with Gasteiger partial charge in [0.2, 0.25) is 0 Å². The molecule has 0 radical (unpaired) electrons. The minimum Gasteiger partial charge on any atom is -0.336 e. The van der Waals surface area contributed by atoms with Crippen LogP contribution in [-0.2, 0) is 0 Å². The molecule has 4 rings (SSSR count). The van der Waals surface area contributed by atoms with Crippen LogP contribution in [0.15, 0.2) is 24.7 Å². The summed E-state index contributed by atoms with van der Waals surface area (Å²) in [4.78, 5) is 17.8. The largest absolute Gasteiger partial charge is 0.336 e. The molecular weight excluding hydrogens is 285 g/mol. The van der Waals surface area contributed by atoms with E-state index in [2.05, 4.69) is 15.3 Å². The van der Waals surface area contributed by atoms with Crippen LogP contribution in [-0.4, -0.2) is 43.9 Å². The van der Waals surface area contributed by atoms with E-state index in [-0.39, 0.29) is 17.5 Å². The van der Waals surface area contributed by atoms with E-state index in [1.54, 1.807) is 4.90 Å². The van der Waals surface area contributed by atoms with Gasteiger partial charge in [-0.3, -0.25) is 9.78 Å². The zero-order valence-corrected chi connectivity index (χ0v) is 12.0. The number of halogens is 1. The number of hydrogen-bond acceptors (Lipinski definition) is 4. The third-order valence-corrected chi connectivity index (χ3v) is 4.30. The summed E-state index contributed by atoms with van der Waals surface area (Å²) in [5, 5.41) is 8.41. The van der Waals surface area contributed by atoms with Crippen molar-refractivity contribution in [3.05, 3.63) is 41.7 Å². The maximum absolute atomic E-state index is 13.2. The second-order valence-electron chi connectivity index (χ2n) is 5.98. The Morgan fingerprint density at radius 3 is 2.91 bits per heavy atom. The quantitative estimate of drug-likeness (QED) is 0.867. The zero-order valence-electron chi connectivity index (χ0n) is 12.0. The smallest absolute Gasteiger partial charge is 0.255 e. The number of rotatable bonds is 3. The zero-order chi connectivity index (χ0) is 15.1. The van der Waals surface area contributed by atoms with Gasteiger partial charge in [-0.05, 0) is 25.3 Å². The lowest BCUT2D eigenvalue weighted by Crippen LogP contribution is -2.29. The van der Waals surface area contributed by atoms with Crippen LogP contribution in [0.3, 0.4) is 0 Å². The minimum atomic E-state index is -0.494. The Labute approximate surface area is 126 Å². The topological polar surface area (TPSA) is 63.9 Å². The summed E-state index contributed by atoms with van der Waals surface area (Å²) < 4.78 is 15.1. The second kappa shape index (κ2) is 5.15. The Morgan fingerprint density at radius 2 is 2.14 bits per heavy atom. The number of hydrogen-bond donors (Lipinski definition) is 0. The van der Waals surface area contributed by atoms with E-state index < -0.39 is 5.82 Å². The third-order valence-electron chi connectivity index (χ3n) is 4.30. The van der Waals surface area contributed by atoms with Gasteiger partial charge in [0.05, 0.1) is 23.5 Å². The van der Waals surface area contributed by atoms with Gasteiger partial charge in [-0.1, -0.05) is 5.21 Å². The standard InChI is InChI=1S/C15H16FN5O/c16-12-5-11(6-17-7-12)15(22)20-4-3-13(8-20)21-9-14(18-19-21)10-1-2-10/h5-7,9-10,13H,1-4,8H2/t13-/m1/s1. The fourth-order valence-electron chi connectivity index (χ4n) is 2.89. The Hall–Kier alpha value is -2.31. The Bertz CT molecular complexity index is 711. The molecule has 0 aromatic carbocycles. The van der Waals surface area contributed by atoms with Crippen LogP contribution in [0.4, 0.5) is 4.39 Å². The van der Waals surface area contributed by atoms with Gasteiger partial charge in [-0.25, -0.2) is 9.07 Å². The molecule has 1 aliphatic carbocycles. The maximum atomic E-state index is 13.2. The van der Waals surface area contributed by atoms with Crippen LogP contribution >= 0.6 is 0 Å². The average molecular weight is 301 g/mol. The van der Waals surface area contributed by atoms with Crippen molar-refractivity contribution >= 4 is 5.91 Å². The number of likely N-dealkylation sites (tertiary alicyclic amines) is 1. The summed E-state index contributed by atoms with van der Waals surface area (Å²) in [5.41, 5.74) is 1.34. The molecular formula is C15H16FN5O. The first-order valence-corrected chi connectivity index (χ1v) is 7.52. The molecule has 2 aromatic heterocycles. The summed E-state index contributed by atoms with van der Waals surface area (Å²) in [6, 6.07) is 1.37. The first-order chi connectivity index (χ1) is 10.7. The van der Waals surface area contributed by atoms with Crippen molar-refractivity contribution < 1.29 is 9.18 Å². The molecule has 7 heteroatoms. The molecule has 0 spiro atoms. The molecule has 0 N–H and O–H groups in total. The third kappa shape index (κ3) is 2.47. The van der Waals surface area contributed by atoms with Crippen LogP contribution < -0.4 is 0 Å². The predicted molar refractivity (Wildman–Crippen MR) is 75.7 cm³/mol. The molecule has 1 atom stereocenters. The number of carbonyl (C=O) groups excluding carboxylic acids is 1. The average Bonchev–Trinajstić information content (AvgIpc) is 3.06. The fraction of sp³-hybridized carbons (Fsp3) is 0.467. The first kappa shape index (κ1) is 13.4. The minimum absolute atomic E-state index is 0.144. The summed E-state index contributed by atoms with van der Waals surface area (Å²) in [6.07, 6.45) is 7.72. The molecule has 3 heterocycles. The lowest BCUT2D eigenvalue weighted by atomic mass is 10.2. The molecule has 0 unspecified atom stereocenters. The van der Waals surface area contributed by atoms with Crippen LogP contribution in [0.2, 0.25) is 0 Å². The molecule has 1 amide bonds. The highest BCUT2D eigenvalue weighted by Gasteiger charge is 2.31. The number of nitrogens with zero attached hydrogens (tertiary/aromatic N) is 5. The summed E-state index contributed by atoms with van der Waals surface area (Å²) in [6.45, 7) is 1.21. The highest BCUT2D eigenvalue weighted by atomic mass is 19.1. The molecule has 114 valence electrons. The second-order valence-corrected chi connectivity index (χ2v) is 5.98. The van der Waals surface area contributed by atoms with Gasteiger partial charge in [0, 0.05) is 31.4 Å². The molecule has 1 saturated heterocycles. The molecule has 2 aliphatic rings. The van der Waals surface area contributed by atoms with Crippen molar-refractivity contribution in [2.45, 2.75) is 31.2 Å². The molecule has 2 aromatic rings. The van der Waals surface area contributed by atoms with Crippen molar-refractivity contribution in [1.82, 2.24) is 24.9 Å². The first-order valence-electron chi connectivity index (χ1n) is 7.52. The molecule has 1 saturated carbocycles. The highest BCUT2D eigenvalue weighted by molar-refractivity contribution is 5.94. The normalized spacial score (nSPS) is 21.3. The number of carbonyl (C=O) groups is 1. The Balaban J connectivity index is 1.46. The van der Waals surface area contributed by atoms with E-state index in [0.29, 0.717) is 19.0 Å². The van der Waals surface area contributed by atoms with Crippen molar-refractivity contribution in [2.24, 2.45) is 0 Å². The summed E-state index contributed by atoms with van der Waals surface area (Å²) in [7, 11) is 0. The van der Waals surface area contributed by atoms with Crippen molar-refractivity contribution in [1.29, 1.82) is 0 Å². The van der Waals surface area contributed by atoms with E-state index in [0.717, 1.165) is 18.3 Å². The Morgan fingerprint density at radius 1 is 1.27 bits per heavy atom. The van der Waals surface area contributed by atoms with Crippen molar-refractivity contribution in [3.8, 4) is 0 Å². The van der Waals surface area contributed by atoms with Crippen LogP contribution in [0.5, 0.6) is 0 Å². The number of amides is 1. The van der Waals surface area contributed by atoms with Gasteiger partial charge in [-0.15, -0.1) is 5.10 Å². The van der Waals surface area contributed by atoms with Gasteiger partial charge in [0.25, 0.3) is 5.91 Å². The van der Waals surface area contributed by atoms with Crippen molar-refractivity contribution in [3.63, 3.8) is 0 Å².